The van der Waals surface area contributed by atoms with Crippen LogP contribution in [0.5, 0.6) is 0 Å². The molecule has 0 radical (unpaired) electrons. The Labute approximate surface area is 133 Å². The van der Waals surface area contributed by atoms with Crippen molar-refractivity contribution < 1.29 is 9.59 Å². The molecule has 2 nitrogen and oxygen atoms in total. The van der Waals surface area contributed by atoms with Crippen LogP contribution in [0.25, 0.3) is 0 Å². The number of carbonyl (C=O) groups excluding carboxylic acids is 2. The molecule has 0 saturated heterocycles. The number of allylic oxidation sites excluding steroid dienone is 10. The van der Waals surface area contributed by atoms with E-state index in [1.165, 1.54) is 0 Å². The first kappa shape index (κ1) is 16.4. The van der Waals surface area contributed by atoms with Crippen molar-refractivity contribution in [1.29, 1.82) is 0 Å². The molecule has 2 aliphatic rings. The highest BCUT2D eigenvalue weighted by Gasteiger charge is 2.25. The Kier molecular flexibility index (Phi) is 4.50. The Hall–Kier alpha value is -1.96. The van der Waals surface area contributed by atoms with Crippen molar-refractivity contribution in [3.63, 3.8) is 0 Å². The molecule has 0 saturated carbocycles. The van der Waals surface area contributed by atoms with Gasteiger partial charge in [-0.15, -0.1) is 0 Å². The maximum absolute atomic E-state index is 12.6. The van der Waals surface area contributed by atoms with Crippen LogP contribution in [-0.2, 0) is 9.59 Å². The predicted octanol–water partition coefficient (Wildman–Crippen LogP) is 4.51. The number of rotatable bonds is 2. The van der Waals surface area contributed by atoms with Crippen molar-refractivity contribution in [3.05, 3.63) is 57.7 Å². The molecule has 0 aromatic rings. The minimum Gasteiger partial charge on any atom is -0.289 e. The minimum atomic E-state index is 0.0948. The molecule has 0 N–H and O–H groups in total. The summed E-state index contributed by atoms with van der Waals surface area (Å²) in [5, 5.41) is 0. The maximum Gasteiger partial charge on any atom is 0.185 e. The van der Waals surface area contributed by atoms with Gasteiger partial charge in [-0.25, -0.2) is 0 Å². The molecule has 0 bridgehead atoms. The molecule has 0 aromatic heterocycles. The zero-order valence-electron chi connectivity index (χ0n) is 14.3. The molecular weight excluding hydrogens is 272 g/mol. The van der Waals surface area contributed by atoms with Crippen molar-refractivity contribution >= 4 is 11.6 Å². The quantitative estimate of drug-likeness (QED) is 0.751. The number of Topliss-reactive ketones (excluding diaryl/α,β-unsaturated/α-hetero) is 2. The van der Waals surface area contributed by atoms with Gasteiger partial charge < -0.3 is 0 Å². The van der Waals surface area contributed by atoms with E-state index >= 15 is 0 Å². The summed E-state index contributed by atoms with van der Waals surface area (Å²) < 4.78 is 0. The lowest BCUT2D eigenvalue weighted by atomic mass is 9.81. The van der Waals surface area contributed by atoms with Gasteiger partial charge in [0.25, 0.3) is 0 Å². The molecular formula is C20H24O2. The van der Waals surface area contributed by atoms with Gasteiger partial charge in [0.1, 0.15) is 0 Å². The maximum atomic E-state index is 12.6. The van der Waals surface area contributed by atoms with E-state index in [1.54, 1.807) is 0 Å². The third-order valence-corrected chi connectivity index (χ3v) is 4.18. The summed E-state index contributed by atoms with van der Waals surface area (Å²) in [6.45, 7) is 11.9. The molecule has 0 unspecified atom stereocenters. The van der Waals surface area contributed by atoms with Gasteiger partial charge in [-0.3, -0.25) is 9.59 Å². The van der Waals surface area contributed by atoms with Gasteiger partial charge >= 0.3 is 0 Å². The summed E-state index contributed by atoms with van der Waals surface area (Å²) in [6.07, 6.45) is 7.81. The third kappa shape index (κ3) is 2.96. The largest absolute Gasteiger partial charge is 0.289 e. The van der Waals surface area contributed by atoms with Crippen LogP contribution in [0.1, 0.15) is 41.5 Å². The van der Waals surface area contributed by atoms with Gasteiger partial charge in [0, 0.05) is 11.1 Å². The first-order valence-electron chi connectivity index (χ1n) is 7.85. The zero-order valence-corrected chi connectivity index (χ0v) is 14.3. The van der Waals surface area contributed by atoms with Crippen molar-refractivity contribution in [3.8, 4) is 0 Å². The fourth-order valence-electron chi connectivity index (χ4n) is 2.82. The summed E-state index contributed by atoms with van der Waals surface area (Å²) in [6, 6.07) is 0. The van der Waals surface area contributed by atoms with Crippen LogP contribution in [-0.4, -0.2) is 11.6 Å². The van der Waals surface area contributed by atoms with Crippen LogP contribution in [0, 0.1) is 11.8 Å². The lowest BCUT2D eigenvalue weighted by Crippen LogP contribution is -2.19. The topological polar surface area (TPSA) is 34.1 Å². The molecule has 116 valence electrons. The normalized spacial score (nSPS) is 19.5. The smallest absolute Gasteiger partial charge is 0.185 e. The lowest BCUT2D eigenvalue weighted by Gasteiger charge is -2.22. The van der Waals surface area contributed by atoms with Crippen molar-refractivity contribution in [2.24, 2.45) is 11.8 Å². The van der Waals surface area contributed by atoms with Crippen LogP contribution in [0.3, 0.4) is 0 Å². The first-order valence-corrected chi connectivity index (χ1v) is 7.85. The van der Waals surface area contributed by atoms with Gasteiger partial charge in [-0.2, -0.15) is 0 Å². The summed E-state index contributed by atoms with van der Waals surface area (Å²) in [5.74, 6) is 0.622. The van der Waals surface area contributed by atoms with Crippen molar-refractivity contribution in [2.75, 3.05) is 0 Å². The SMILES string of the molecule is CC1=CC(=C2C=C(C(C)C)C(=O)C(C(C)C)=C2)C=C(C)C1=O. The van der Waals surface area contributed by atoms with E-state index in [9.17, 15) is 9.59 Å². The van der Waals surface area contributed by atoms with Gasteiger partial charge in [-0.1, -0.05) is 27.7 Å². The van der Waals surface area contributed by atoms with Crippen LogP contribution in [0.2, 0.25) is 0 Å². The van der Waals surface area contributed by atoms with E-state index in [2.05, 4.69) is 0 Å². The molecule has 0 aliphatic heterocycles. The third-order valence-electron chi connectivity index (χ3n) is 4.18. The van der Waals surface area contributed by atoms with Gasteiger partial charge in [0.05, 0.1) is 0 Å². The van der Waals surface area contributed by atoms with E-state index in [0.29, 0.717) is 0 Å². The Balaban J connectivity index is 2.65. The summed E-state index contributed by atoms with van der Waals surface area (Å²) in [7, 11) is 0. The second kappa shape index (κ2) is 6.04. The predicted molar refractivity (Wildman–Crippen MR) is 90.4 cm³/mol. The number of carbonyl (C=O) groups is 2. The molecule has 2 rings (SSSR count). The molecule has 0 atom stereocenters. The van der Waals surface area contributed by atoms with Crippen LogP contribution in [0.15, 0.2) is 57.7 Å². The van der Waals surface area contributed by atoms with Crippen LogP contribution >= 0.6 is 0 Å². The number of hydrogen-bond acceptors (Lipinski definition) is 2. The van der Waals surface area contributed by atoms with Gasteiger partial charge in [0.15, 0.2) is 11.6 Å². The first-order chi connectivity index (χ1) is 10.2. The molecule has 2 heteroatoms. The van der Waals surface area contributed by atoms with E-state index in [-0.39, 0.29) is 23.4 Å². The van der Waals surface area contributed by atoms with Crippen molar-refractivity contribution in [1.82, 2.24) is 0 Å². The second-order valence-electron chi connectivity index (χ2n) is 6.73. The van der Waals surface area contributed by atoms with Gasteiger partial charge in [0.2, 0.25) is 0 Å². The minimum absolute atomic E-state index is 0.0948. The lowest BCUT2D eigenvalue weighted by molar-refractivity contribution is -0.113. The highest BCUT2D eigenvalue weighted by atomic mass is 16.1. The summed E-state index contributed by atoms with van der Waals surface area (Å²) >= 11 is 0. The fourth-order valence-corrected chi connectivity index (χ4v) is 2.82. The Bertz CT molecular complexity index is 635. The van der Waals surface area contributed by atoms with Crippen LogP contribution in [0.4, 0.5) is 0 Å². The van der Waals surface area contributed by atoms with E-state index in [0.717, 1.165) is 33.4 Å². The Morgan fingerprint density at radius 3 is 1.36 bits per heavy atom. The highest BCUT2D eigenvalue weighted by molar-refractivity contribution is 6.12. The zero-order chi connectivity index (χ0) is 16.6. The summed E-state index contributed by atoms with van der Waals surface area (Å²) in [4.78, 5) is 24.5. The Morgan fingerprint density at radius 2 is 1.00 bits per heavy atom. The molecule has 2 aliphatic carbocycles. The standard InChI is InChI=1S/C20H24O2/c1-11(2)17-9-16(10-18(12(3)4)20(17)22)15-7-13(5)19(21)14(6)8-15/h7-12H,1-6H3. The number of ketones is 2. The fraction of sp³-hybridized carbons (Fsp3) is 0.400. The molecule has 0 spiro atoms. The second-order valence-corrected chi connectivity index (χ2v) is 6.73. The van der Waals surface area contributed by atoms with Gasteiger partial charge in [-0.05, 0) is 72.3 Å². The molecule has 22 heavy (non-hydrogen) atoms. The highest BCUT2D eigenvalue weighted by Crippen LogP contribution is 2.32. The molecule has 0 amide bonds. The molecule has 0 aromatic carbocycles. The van der Waals surface area contributed by atoms with E-state index < -0.39 is 0 Å². The Morgan fingerprint density at radius 1 is 0.636 bits per heavy atom. The number of hydrogen-bond donors (Lipinski definition) is 0. The van der Waals surface area contributed by atoms with E-state index in [1.807, 2.05) is 65.8 Å². The molecule has 0 heterocycles. The van der Waals surface area contributed by atoms with Crippen molar-refractivity contribution in [2.45, 2.75) is 41.5 Å². The van der Waals surface area contributed by atoms with E-state index in [4.69, 9.17) is 0 Å². The average molecular weight is 296 g/mol. The van der Waals surface area contributed by atoms with Crippen LogP contribution < -0.4 is 0 Å². The summed E-state index contributed by atoms with van der Waals surface area (Å²) in [5.41, 5.74) is 5.24. The molecule has 0 fully saturated rings. The monoisotopic (exact) mass is 296 g/mol. The average Bonchev–Trinajstić information content (AvgIpc) is 2.43.